The molecular weight excluding hydrogens is 478 g/mol. The van der Waals surface area contributed by atoms with Crippen molar-refractivity contribution in [2.24, 2.45) is 5.92 Å². The van der Waals surface area contributed by atoms with Crippen molar-refractivity contribution in [3.05, 3.63) is 93.5 Å². The third-order valence-electron chi connectivity index (χ3n) is 6.40. The summed E-state index contributed by atoms with van der Waals surface area (Å²) in [6, 6.07) is 17.4. The number of amides is 1. The van der Waals surface area contributed by atoms with Crippen LogP contribution in [0.4, 0.5) is 0 Å². The second kappa shape index (κ2) is 13.1. The Morgan fingerprint density at radius 3 is 2.24 bits per heavy atom. The van der Waals surface area contributed by atoms with Gasteiger partial charge in [-0.2, -0.15) is 0 Å². The molecule has 6 heteroatoms. The molecule has 6 nitrogen and oxygen atoms in total. The van der Waals surface area contributed by atoms with Gasteiger partial charge in [0.1, 0.15) is 6.61 Å². The largest absolute Gasteiger partial charge is 0.493 e. The van der Waals surface area contributed by atoms with E-state index in [1.54, 1.807) is 7.11 Å². The molecule has 0 aliphatic heterocycles. The smallest absolute Gasteiger partial charge is 0.303 e. The first-order valence-corrected chi connectivity index (χ1v) is 13.1. The normalized spacial score (nSPS) is 11.8. The highest BCUT2D eigenvalue weighted by Gasteiger charge is 2.21. The van der Waals surface area contributed by atoms with E-state index in [-0.39, 0.29) is 31.4 Å². The molecule has 0 saturated heterocycles. The molecule has 38 heavy (non-hydrogen) atoms. The summed E-state index contributed by atoms with van der Waals surface area (Å²) in [7, 11) is 1.60. The summed E-state index contributed by atoms with van der Waals surface area (Å²) >= 11 is 0. The molecule has 202 valence electrons. The Morgan fingerprint density at radius 1 is 0.895 bits per heavy atom. The summed E-state index contributed by atoms with van der Waals surface area (Å²) in [5, 5.41) is 12.5. The Kier molecular flexibility index (Phi) is 9.94. The average molecular weight is 518 g/mol. The molecule has 1 amide bonds. The fourth-order valence-corrected chi connectivity index (χ4v) is 4.64. The minimum Gasteiger partial charge on any atom is -0.493 e. The number of nitrogens with one attached hydrogen (secondary N) is 1. The van der Waals surface area contributed by atoms with Gasteiger partial charge in [-0.25, -0.2) is 0 Å². The molecule has 1 unspecified atom stereocenters. The van der Waals surface area contributed by atoms with Crippen molar-refractivity contribution in [2.45, 2.75) is 66.5 Å². The Bertz CT molecular complexity index is 1260. The van der Waals surface area contributed by atoms with Gasteiger partial charge in [0.25, 0.3) is 5.91 Å². The number of carbonyl (C=O) groups is 2. The molecule has 3 aromatic carbocycles. The lowest BCUT2D eigenvalue weighted by atomic mass is 9.93. The van der Waals surface area contributed by atoms with Gasteiger partial charge >= 0.3 is 5.97 Å². The highest BCUT2D eigenvalue weighted by atomic mass is 16.5. The summed E-state index contributed by atoms with van der Waals surface area (Å²) in [6.07, 6.45) is 1.00. The number of aliphatic carboxylic acids is 1. The topological polar surface area (TPSA) is 84.9 Å². The standard InChI is InChI=1S/C32H39NO5/c1-20(2)13-28(26-15-22(4)14-23(5)16-26)33-32(36)27-18-24(8-9-25(27)10-12-31(34)35)19-38-30-17-21(3)7-11-29(30)37-6/h7-9,11,14-18,20,28H,10,12-13,19H2,1-6H3,(H,33,36)(H,34,35). The van der Waals surface area contributed by atoms with Gasteiger partial charge in [-0.1, -0.05) is 61.4 Å². The molecule has 0 radical (unpaired) electrons. The first kappa shape index (κ1) is 28.8. The number of aryl methyl sites for hydroxylation is 4. The van der Waals surface area contributed by atoms with Crippen LogP contribution in [0.15, 0.2) is 54.6 Å². The summed E-state index contributed by atoms with van der Waals surface area (Å²) in [4.78, 5) is 25.0. The lowest BCUT2D eigenvalue weighted by Gasteiger charge is -2.23. The molecule has 0 aliphatic rings. The highest BCUT2D eigenvalue weighted by molar-refractivity contribution is 5.96. The maximum absolute atomic E-state index is 13.7. The lowest BCUT2D eigenvalue weighted by molar-refractivity contribution is -0.136. The van der Waals surface area contributed by atoms with Crippen LogP contribution in [0.2, 0.25) is 0 Å². The SMILES string of the molecule is COc1ccc(C)cc1OCc1ccc(CCC(=O)O)c(C(=O)NC(CC(C)C)c2cc(C)cc(C)c2)c1. The summed E-state index contributed by atoms with van der Waals surface area (Å²) in [5.41, 5.74) is 6.40. The Morgan fingerprint density at radius 2 is 1.61 bits per heavy atom. The van der Waals surface area contributed by atoms with Crippen LogP contribution >= 0.6 is 0 Å². The van der Waals surface area contributed by atoms with E-state index in [4.69, 9.17) is 9.47 Å². The fourth-order valence-electron chi connectivity index (χ4n) is 4.64. The predicted octanol–water partition coefficient (Wildman–Crippen LogP) is 6.73. The molecular formula is C32H39NO5. The van der Waals surface area contributed by atoms with E-state index in [2.05, 4.69) is 51.2 Å². The van der Waals surface area contributed by atoms with Crippen LogP contribution in [0.1, 0.15) is 76.5 Å². The molecule has 3 rings (SSSR count). The van der Waals surface area contributed by atoms with Gasteiger partial charge in [0.15, 0.2) is 11.5 Å². The van der Waals surface area contributed by atoms with Gasteiger partial charge in [-0.3, -0.25) is 9.59 Å². The highest BCUT2D eigenvalue weighted by Crippen LogP contribution is 2.29. The lowest BCUT2D eigenvalue weighted by Crippen LogP contribution is -2.30. The number of methoxy groups -OCH3 is 1. The minimum absolute atomic E-state index is 0.0525. The number of hydrogen-bond donors (Lipinski definition) is 2. The average Bonchev–Trinajstić information content (AvgIpc) is 2.85. The van der Waals surface area contributed by atoms with E-state index >= 15 is 0 Å². The Hall–Kier alpha value is -3.80. The molecule has 1 atom stereocenters. The monoisotopic (exact) mass is 517 g/mol. The molecule has 0 bridgehead atoms. The van der Waals surface area contributed by atoms with Gasteiger partial charge in [-0.15, -0.1) is 0 Å². The fraction of sp³-hybridized carbons (Fsp3) is 0.375. The van der Waals surface area contributed by atoms with E-state index < -0.39 is 5.97 Å². The van der Waals surface area contributed by atoms with Gasteiger partial charge in [0.05, 0.1) is 13.2 Å². The minimum atomic E-state index is -0.900. The zero-order valence-corrected chi connectivity index (χ0v) is 23.3. The van der Waals surface area contributed by atoms with Crippen LogP contribution in [0.5, 0.6) is 11.5 Å². The van der Waals surface area contributed by atoms with E-state index in [9.17, 15) is 14.7 Å². The zero-order valence-electron chi connectivity index (χ0n) is 23.3. The molecule has 2 N–H and O–H groups in total. The molecule has 0 aliphatic carbocycles. The van der Waals surface area contributed by atoms with E-state index in [0.29, 0.717) is 28.5 Å². The van der Waals surface area contributed by atoms with Crippen LogP contribution in [-0.2, 0) is 17.8 Å². The van der Waals surface area contributed by atoms with Crippen molar-refractivity contribution in [3.8, 4) is 11.5 Å². The Balaban J connectivity index is 1.91. The number of carboxylic acids is 1. The molecule has 0 heterocycles. The van der Waals surface area contributed by atoms with Crippen LogP contribution in [0.25, 0.3) is 0 Å². The number of ether oxygens (including phenoxy) is 2. The number of carbonyl (C=O) groups excluding carboxylic acids is 1. The van der Waals surface area contributed by atoms with Crippen LogP contribution in [-0.4, -0.2) is 24.1 Å². The summed E-state index contributed by atoms with van der Waals surface area (Å²) in [5.74, 6) is 0.516. The van der Waals surface area contributed by atoms with Crippen molar-refractivity contribution in [1.29, 1.82) is 0 Å². The molecule has 0 aromatic heterocycles. The maximum atomic E-state index is 13.7. The number of rotatable bonds is 12. The second-order valence-electron chi connectivity index (χ2n) is 10.4. The molecule has 3 aromatic rings. The van der Waals surface area contributed by atoms with E-state index in [1.165, 1.54) is 0 Å². The predicted molar refractivity (Wildman–Crippen MR) is 150 cm³/mol. The van der Waals surface area contributed by atoms with Crippen LogP contribution in [0.3, 0.4) is 0 Å². The Labute approximate surface area is 226 Å². The van der Waals surface area contributed by atoms with Gasteiger partial charge in [-0.05, 0) is 80.0 Å². The zero-order chi connectivity index (χ0) is 27.8. The van der Waals surface area contributed by atoms with Crippen LogP contribution in [0, 0.1) is 26.7 Å². The van der Waals surface area contributed by atoms with E-state index in [0.717, 1.165) is 34.2 Å². The summed E-state index contributed by atoms with van der Waals surface area (Å²) in [6.45, 7) is 10.6. The van der Waals surface area contributed by atoms with Gasteiger partial charge < -0.3 is 19.9 Å². The maximum Gasteiger partial charge on any atom is 0.303 e. The molecule has 0 saturated carbocycles. The third-order valence-corrected chi connectivity index (χ3v) is 6.40. The first-order chi connectivity index (χ1) is 18.0. The number of hydrogen-bond acceptors (Lipinski definition) is 4. The van der Waals surface area contributed by atoms with Crippen LogP contribution < -0.4 is 14.8 Å². The second-order valence-corrected chi connectivity index (χ2v) is 10.4. The van der Waals surface area contributed by atoms with Gasteiger partial charge in [0.2, 0.25) is 0 Å². The quantitative estimate of drug-likeness (QED) is 0.278. The molecule has 0 spiro atoms. The first-order valence-electron chi connectivity index (χ1n) is 13.1. The summed E-state index contributed by atoms with van der Waals surface area (Å²) < 4.78 is 11.5. The number of carboxylic acid groups (broad SMARTS) is 1. The van der Waals surface area contributed by atoms with Gasteiger partial charge in [0, 0.05) is 12.0 Å². The van der Waals surface area contributed by atoms with Crippen molar-refractivity contribution in [3.63, 3.8) is 0 Å². The van der Waals surface area contributed by atoms with Crippen molar-refractivity contribution < 1.29 is 24.2 Å². The van der Waals surface area contributed by atoms with Crippen molar-refractivity contribution in [1.82, 2.24) is 5.32 Å². The van der Waals surface area contributed by atoms with Crippen molar-refractivity contribution in [2.75, 3.05) is 7.11 Å². The number of benzene rings is 3. The van der Waals surface area contributed by atoms with Crippen molar-refractivity contribution >= 4 is 11.9 Å². The van der Waals surface area contributed by atoms with E-state index in [1.807, 2.05) is 43.3 Å². The third kappa shape index (κ3) is 8.10. The molecule has 0 fully saturated rings.